The summed E-state index contributed by atoms with van der Waals surface area (Å²) in [4.78, 5) is 0. The van der Waals surface area contributed by atoms with Gasteiger partial charge in [-0.25, -0.2) is 0 Å². The minimum atomic E-state index is -2.05. The second kappa shape index (κ2) is 27.5. The quantitative estimate of drug-likeness (QED) is 0.0571. The lowest BCUT2D eigenvalue weighted by Crippen LogP contribution is -2.63. The summed E-state index contributed by atoms with van der Waals surface area (Å²) in [5, 5.41) is 240. The zero-order valence-corrected chi connectivity index (χ0v) is 40.8. The molecule has 0 aliphatic carbocycles. The van der Waals surface area contributed by atoms with Crippen molar-refractivity contribution < 1.29 is 179 Å². The second-order valence-electron chi connectivity index (χ2n) is 19.8. The fourth-order valence-electron chi connectivity index (χ4n) is 9.37. The van der Waals surface area contributed by atoms with Gasteiger partial charge < -0.3 is 179 Å². The summed E-state index contributed by atoms with van der Waals surface area (Å²) in [6.45, 7) is -5.47. The van der Waals surface area contributed by atoms with E-state index in [0.29, 0.717) is 0 Å². The molecule has 35 atom stereocenters. The molecular formula is C42H72O36. The zero-order valence-electron chi connectivity index (χ0n) is 40.8. The molecule has 0 radical (unpaired) electrons. The van der Waals surface area contributed by atoms with Crippen molar-refractivity contribution in [3.63, 3.8) is 0 Å². The van der Waals surface area contributed by atoms with Gasteiger partial charge >= 0.3 is 0 Å². The largest absolute Gasteiger partial charge is 0.394 e. The van der Waals surface area contributed by atoms with E-state index in [0.717, 1.165) is 0 Å². The lowest BCUT2D eigenvalue weighted by atomic mass is 9.97. The maximum absolute atomic E-state index is 10.8. The highest BCUT2D eigenvalue weighted by Gasteiger charge is 2.53. The van der Waals surface area contributed by atoms with Crippen molar-refractivity contribution in [1.82, 2.24) is 0 Å². The van der Waals surface area contributed by atoms with Crippen molar-refractivity contribution in [3.8, 4) is 0 Å². The van der Waals surface area contributed by atoms with E-state index >= 15 is 0 Å². The standard InChI is InChI=1S/C42H72O36/c43-1-8-15(44)23(52)30(59)37(73-8)67-3-10-17(46)25(54)32(61)39(75-10)69-5-12-19(48)27(56)34(63)41(77-12)71-7-14-21(50)28(57)35(64)42(78-14)70-6-13-20(49)26(55)33(62)40(76-13)68-4-11-18(47)24(53)31(60)38(74-11)66-2-9-16(45)22(51)29(58)36(65)72-9/h8-65H,1-7H2/t8-,9-,10-,11-,12-,13-,14-,15-,16-,17-,18-,19-,20-,21-,22+,23+,24+,25+,26+,27+,28+,29-,30-,31-,32-,33-,34-,35-,36?,37-,38-,39-,40-,41-,42-/m1/s1. The van der Waals surface area contributed by atoms with E-state index in [9.17, 15) is 117 Å². The highest BCUT2D eigenvalue weighted by Crippen LogP contribution is 2.32. The Kier molecular flexibility index (Phi) is 22.6. The van der Waals surface area contributed by atoms with E-state index in [1.807, 2.05) is 0 Å². The normalized spacial score (nSPS) is 53.5. The van der Waals surface area contributed by atoms with E-state index in [4.69, 9.17) is 61.6 Å². The number of ether oxygens (including phenoxy) is 13. The molecule has 0 saturated carbocycles. The summed E-state index contributed by atoms with van der Waals surface area (Å²) in [5.74, 6) is 0. The van der Waals surface area contributed by atoms with Gasteiger partial charge in [-0.1, -0.05) is 0 Å². The predicted octanol–water partition coefficient (Wildman–Crippen LogP) is -16.3. The highest BCUT2D eigenvalue weighted by atomic mass is 16.8. The lowest BCUT2D eigenvalue weighted by molar-refractivity contribution is -0.353. The summed E-state index contributed by atoms with van der Waals surface area (Å²) in [5.41, 5.74) is 0. The summed E-state index contributed by atoms with van der Waals surface area (Å²) in [7, 11) is 0. The third-order valence-electron chi connectivity index (χ3n) is 14.4. The number of rotatable bonds is 19. The summed E-state index contributed by atoms with van der Waals surface area (Å²) < 4.78 is 71.0. The van der Waals surface area contributed by atoms with Crippen molar-refractivity contribution in [2.45, 2.75) is 215 Å². The van der Waals surface area contributed by atoms with Crippen molar-refractivity contribution in [3.05, 3.63) is 0 Å². The molecule has 0 bridgehead atoms. The Morgan fingerprint density at radius 1 is 0.192 bits per heavy atom. The zero-order chi connectivity index (χ0) is 57.3. The third kappa shape index (κ3) is 13.9. The molecule has 0 amide bonds. The van der Waals surface area contributed by atoms with E-state index in [1.54, 1.807) is 0 Å². The molecule has 0 spiro atoms. The Morgan fingerprint density at radius 3 is 0.564 bits per heavy atom. The first kappa shape index (κ1) is 64.1. The van der Waals surface area contributed by atoms with Crippen LogP contribution in [0, 0.1) is 0 Å². The van der Waals surface area contributed by atoms with Gasteiger partial charge in [-0.05, 0) is 0 Å². The average Bonchev–Trinajstić information content (AvgIpc) is 3.44. The molecule has 0 aromatic rings. The minimum Gasteiger partial charge on any atom is -0.394 e. The molecule has 7 heterocycles. The lowest BCUT2D eigenvalue weighted by Gasteiger charge is -2.45. The maximum Gasteiger partial charge on any atom is 0.186 e. The third-order valence-corrected chi connectivity index (χ3v) is 14.4. The Labute approximate surface area is 439 Å². The van der Waals surface area contributed by atoms with Gasteiger partial charge in [0.1, 0.15) is 171 Å². The first-order chi connectivity index (χ1) is 36.8. The fraction of sp³-hybridized carbons (Fsp3) is 1.00. The first-order valence-electron chi connectivity index (χ1n) is 24.6. The molecule has 1 unspecified atom stereocenters. The highest BCUT2D eigenvalue weighted by molar-refractivity contribution is 4.97. The Bertz CT molecular complexity index is 1820. The summed E-state index contributed by atoms with van der Waals surface area (Å²) >= 11 is 0. The fourth-order valence-corrected chi connectivity index (χ4v) is 9.37. The van der Waals surface area contributed by atoms with Crippen LogP contribution in [-0.2, 0) is 61.6 Å². The van der Waals surface area contributed by atoms with Crippen LogP contribution >= 0.6 is 0 Å². The van der Waals surface area contributed by atoms with Crippen LogP contribution < -0.4 is 0 Å². The van der Waals surface area contributed by atoms with Crippen molar-refractivity contribution >= 4 is 0 Å². The molecule has 36 nitrogen and oxygen atoms in total. The van der Waals surface area contributed by atoms with Crippen molar-refractivity contribution in [1.29, 1.82) is 0 Å². The molecule has 456 valence electrons. The molecular weight excluding hydrogens is 1080 g/mol. The van der Waals surface area contributed by atoms with Crippen LogP contribution in [0.1, 0.15) is 0 Å². The van der Waals surface area contributed by atoms with Crippen LogP contribution in [-0.4, -0.2) is 379 Å². The van der Waals surface area contributed by atoms with Crippen LogP contribution in [0.25, 0.3) is 0 Å². The molecule has 7 aliphatic heterocycles. The molecule has 0 aromatic carbocycles. The number of hydrogen-bond donors (Lipinski definition) is 23. The Morgan fingerprint density at radius 2 is 0.359 bits per heavy atom. The van der Waals surface area contributed by atoms with Crippen LogP contribution in [0.5, 0.6) is 0 Å². The molecule has 7 rings (SSSR count). The molecule has 7 fully saturated rings. The van der Waals surface area contributed by atoms with Crippen LogP contribution in [0.3, 0.4) is 0 Å². The molecule has 78 heavy (non-hydrogen) atoms. The molecule has 7 aliphatic rings. The number of aliphatic hydroxyl groups excluding tert-OH is 23. The molecule has 23 N–H and O–H groups in total. The Balaban J connectivity index is 0.899. The topological polar surface area (TPSA) is 585 Å². The van der Waals surface area contributed by atoms with E-state index in [1.165, 1.54) is 0 Å². The van der Waals surface area contributed by atoms with E-state index < -0.39 is 261 Å². The summed E-state index contributed by atoms with van der Waals surface area (Å²) in [6.07, 6.45) is -64.5. The van der Waals surface area contributed by atoms with Crippen LogP contribution in [0.2, 0.25) is 0 Å². The van der Waals surface area contributed by atoms with Crippen molar-refractivity contribution in [2.75, 3.05) is 46.2 Å². The van der Waals surface area contributed by atoms with Gasteiger partial charge in [-0.3, -0.25) is 0 Å². The van der Waals surface area contributed by atoms with Gasteiger partial charge in [0.05, 0.1) is 46.2 Å². The van der Waals surface area contributed by atoms with Gasteiger partial charge in [0.25, 0.3) is 0 Å². The maximum atomic E-state index is 10.8. The van der Waals surface area contributed by atoms with Gasteiger partial charge in [-0.15, -0.1) is 0 Å². The van der Waals surface area contributed by atoms with Crippen LogP contribution in [0.4, 0.5) is 0 Å². The van der Waals surface area contributed by atoms with Gasteiger partial charge in [0.2, 0.25) is 0 Å². The number of aliphatic hydroxyl groups is 23. The van der Waals surface area contributed by atoms with E-state index in [2.05, 4.69) is 0 Å². The predicted molar refractivity (Wildman–Crippen MR) is 232 cm³/mol. The van der Waals surface area contributed by atoms with Gasteiger partial charge in [-0.2, -0.15) is 0 Å². The summed E-state index contributed by atoms with van der Waals surface area (Å²) in [6, 6.07) is 0. The minimum absolute atomic E-state index is 0.708. The van der Waals surface area contributed by atoms with Gasteiger partial charge in [0.15, 0.2) is 44.0 Å². The smallest absolute Gasteiger partial charge is 0.186 e. The number of hydrogen-bond acceptors (Lipinski definition) is 36. The van der Waals surface area contributed by atoms with Gasteiger partial charge in [0, 0.05) is 0 Å². The monoisotopic (exact) mass is 1150 g/mol. The van der Waals surface area contributed by atoms with Crippen LogP contribution in [0.15, 0.2) is 0 Å². The SMILES string of the molecule is OC[C@H]1O[C@@H](OC[C@H]2O[C@@H](OC[C@H]3O[C@@H](OC[C@H]4O[C@@H](OC[C@H]5O[C@@H](OC[C@H]6O[C@@H](OC[C@H]7OC(O)[C@H](O)[C@@H](O)[C@@H]7O)[C@H](O)[C@@H](O)[C@@H]6O)[C@H](O)[C@@H](O)[C@@H]5O)[C@H](O)[C@@H](O)[C@@H]4O)[C@H](O)[C@@H](O)[C@@H]3O)[C@H](O)[C@@H](O)[C@@H]2O)[C@H](O)[C@@H](O)[C@@H]1O. The first-order valence-corrected chi connectivity index (χ1v) is 24.6. The van der Waals surface area contributed by atoms with E-state index in [-0.39, 0.29) is 0 Å². The Hall–Kier alpha value is -1.44. The molecule has 0 aromatic heterocycles. The van der Waals surface area contributed by atoms with Crippen molar-refractivity contribution in [2.24, 2.45) is 0 Å². The molecule has 7 saturated heterocycles. The average molecular weight is 1150 g/mol. The second-order valence-corrected chi connectivity index (χ2v) is 19.8. The molecule has 36 heteroatoms.